The predicted octanol–water partition coefficient (Wildman–Crippen LogP) is 3.14. The average Bonchev–Trinajstić information content (AvgIpc) is 2.67. The molecule has 4 heteroatoms. The van der Waals surface area contributed by atoms with Crippen LogP contribution in [0.2, 0.25) is 0 Å². The maximum atomic E-state index is 12.5. The van der Waals surface area contributed by atoms with E-state index in [-0.39, 0.29) is 5.91 Å². The summed E-state index contributed by atoms with van der Waals surface area (Å²) in [5, 5.41) is 0. The molecule has 0 unspecified atom stereocenters. The highest BCUT2D eigenvalue weighted by Gasteiger charge is 2.25. The lowest BCUT2D eigenvalue weighted by Gasteiger charge is -2.37. The van der Waals surface area contributed by atoms with Crippen molar-refractivity contribution in [3.63, 3.8) is 0 Å². The quantitative estimate of drug-likeness (QED) is 0.848. The summed E-state index contributed by atoms with van der Waals surface area (Å²) in [6.07, 6.45) is 5.24. The van der Waals surface area contributed by atoms with Gasteiger partial charge in [0.15, 0.2) is 0 Å². The van der Waals surface area contributed by atoms with Crippen LogP contribution in [-0.4, -0.2) is 42.0 Å². The monoisotopic (exact) mass is 323 g/mol. The molecule has 3 rings (SSSR count). The molecule has 0 saturated carbocycles. The van der Waals surface area contributed by atoms with Crippen LogP contribution in [0.15, 0.2) is 54.7 Å². The molecule has 0 N–H and O–H groups in total. The van der Waals surface area contributed by atoms with E-state index in [0.29, 0.717) is 12.5 Å². The van der Waals surface area contributed by atoms with E-state index in [4.69, 9.17) is 0 Å². The van der Waals surface area contributed by atoms with Gasteiger partial charge in [-0.3, -0.25) is 4.79 Å². The van der Waals surface area contributed by atoms with Gasteiger partial charge in [0.1, 0.15) is 5.82 Å². The van der Waals surface area contributed by atoms with Crippen LogP contribution in [0.1, 0.15) is 24.8 Å². The van der Waals surface area contributed by atoms with Crippen molar-refractivity contribution in [2.75, 3.05) is 25.0 Å². The van der Waals surface area contributed by atoms with Gasteiger partial charge in [0.05, 0.1) is 0 Å². The Kier molecular flexibility index (Phi) is 5.47. The minimum absolute atomic E-state index is 0.245. The normalized spacial score (nSPS) is 15.3. The molecule has 1 aromatic carbocycles. The fourth-order valence-electron chi connectivity index (χ4n) is 3.30. The van der Waals surface area contributed by atoms with Crippen molar-refractivity contribution in [2.24, 2.45) is 0 Å². The lowest BCUT2D eigenvalue weighted by molar-refractivity contribution is -0.132. The second-order valence-electron chi connectivity index (χ2n) is 6.40. The second-order valence-corrected chi connectivity index (χ2v) is 6.40. The summed E-state index contributed by atoms with van der Waals surface area (Å²) < 4.78 is 0. The van der Waals surface area contributed by atoms with Crippen LogP contribution in [0.3, 0.4) is 0 Å². The van der Waals surface area contributed by atoms with Crippen molar-refractivity contribution in [3.05, 3.63) is 60.3 Å². The summed E-state index contributed by atoms with van der Waals surface area (Å²) in [7, 11) is 1.95. The minimum Gasteiger partial charge on any atom is -0.356 e. The maximum Gasteiger partial charge on any atom is 0.222 e. The number of rotatable bonds is 5. The van der Waals surface area contributed by atoms with Crippen molar-refractivity contribution in [1.82, 2.24) is 9.88 Å². The van der Waals surface area contributed by atoms with Gasteiger partial charge < -0.3 is 9.80 Å². The fourth-order valence-corrected chi connectivity index (χ4v) is 3.30. The van der Waals surface area contributed by atoms with Gasteiger partial charge in [-0.05, 0) is 37.0 Å². The molecule has 126 valence electrons. The molecule has 1 saturated heterocycles. The highest BCUT2D eigenvalue weighted by atomic mass is 16.2. The van der Waals surface area contributed by atoms with E-state index in [0.717, 1.165) is 38.2 Å². The molecule has 1 aliphatic rings. The van der Waals surface area contributed by atoms with Gasteiger partial charge >= 0.3 is 0 Å². The van der Waals surface area contributed by atoms with Gasteiger partial charge in [-0.1, -0.05) is 36.4 Å². The van der Waals surface area contributed by atoms with E-state index in [1.54, 1.807) is 0 Å². The van der Waals surface area contributed by atoms with Crippen LogP contribution in [0, 0.1) is 0 Å². The molecule has 0 atom stereocenters. The molecule has 24 heavy (non-hydrogen) atoms. The van der Waals surface area contributed by atoms with E-state index >= 15 is 0 Å². The summed E-state index contributed by atoms with van der Waals surface area (Å²) in [6, 6.07) is 16.6. The molecule has 0 spiro atoms. The third kappa shape index (κ3) is 4.13. The number of piperidine rings is 1. The Morgan fingerprint density at radius 1 is 1.12 bits per heavy atom. The zero-order valence-corrected chi connectivity index (χ0v) is 14.3. The van der Waals surface area contributed by atoms with E-state index in [1.807, 2.05) is 48.5 Å². The van der Waals surface area contributed by atoms with Gasteiger partial charge in [-0.2, -0.15) is 0 Å². The van der Waals surface area contributed by atoms with Gasteiger partial charge in [0, 0.05) is 38.8 Å². The first kappa shape index (κ1) is 16.5. The molecule has 1 aliphatic heterocycles. The Hall–Kier alpha value is -2.36. The number of hydrogen-bond donors (Lipinski definition) is 0. The van der Waals surface area contributed by atoms with Crippen molar-refractivity contribution >= 4 is 11.7 Å². The van der Waals surface area contributed by atoms with Crippen molar-refractivity contribution < 1.29 is 4.79 Å². The maximum absolute atomic E-state index is 12.5. The van der Waals surface area contributed by atoms with Crippen LogP contribution in [-0.2, 0) is 11.2 Å². The molecule has 0 radical (unpaired) electrons. The van der Waals surface area contributed by atoms with Gasteiger partial charge in [-0.15, -0.1) is 0 Å². The smallest absolute Gasteiger partial charge is 0.222 e. The van der Waals surface area contributed by atoms with Gasteiger partial charge in [-0.25, -0.2) is 4.98 Å². The molecule has 1 fully saturated rings. The third-order valence-corrected chi connectivity index (χ3v) is 4.85. The molecular formula is C20H25N3O. The van der Waals surface area contributed by atoms with Crippen molar-refractivity contribution in [1.29, 1.82) is 0 Å². The Labute approximate surface area is 144 Å². The number of pyridine rings is 1. The molecule has 1 amide bonds. The molecule has 0 bridgehead atoms. The number of carbonyl (C=O) groups excluding carboxylic acids is 1. The largest absolute Gasteiger partial charge is 0.356 e. The number of carbonyl (C=O) groups is 1. The Morgan fingerprint density at radius 3 is 2.50 bits per heavy atom. The highest BCUT2D eigenvalue weighted by molar-refractivity contribution is 5.76. The summed E-state index contributed by atoms with van der Waals surface area (Å²) >= 11 is 0. The molecule has 4 nitrogen and oxygen atoms in total. The third-order valence-electron chi connectivity index (χ3n) is 4.85. The zero-order valence-electron chi connectivity index (χ0n) is 14.3. The first-order chi connectivity index (χ1) is 11.7. The Bertz CT molecular complexity index is 636. The van der Waals surface area contributed by atoms with E-state index in [1.165, 1.54) is 5.56 Å². The summed E-state index contributed by atoms with van der Waals surface area (Å²) in [4.78, 5) is 21.1. The summed E-state index contributed by atoms with van der Waals surface area (Å²) in [6.45, 7) is 1.91. The standard InChI is InChI=1S/C20H25N3O/c1-22(20(24)11-10-17-7-3-2-4-8-17)18-12-15-23(16-13-18)19-9-5-6-14-21-19/h2-9,14,18H,10-13,15-16H2,1H3. The van der Waals surface area contributed by atoms with Crippen LogP contribution < -0.4 is 4.90 Å². The van der Waals surface area contributed by atoms with Crippen LogP contribution >= 0.6 is 0 Å². The van der Waals surface area contributed by atoms with Crippen molar-refractivity contribution in [3.8, 4) is 0 Å². The average molecular weight is 323 g/mol. The zero-order chi connectivity index (χ0) is 16.8. The van der Waals surface area contributed by atoms with Crippen LogP contribution in [0.5, 0.6) is 0 Å². The lowest BCUT2D eigenvalue weighted by Crippen LogP contribution is -2.45. The van der Waals surface area contributed by atoms with Crippen LogP contribution in [0.25, 0.3) is 0 Å². The van der Waals surface area contributed by atoms with Crippen molar-refractivity contribution in [2.45, 2.75) is 31.7 Å². The Morgan fingerprint density at radius 2 is 1.83 bits per heavy atom. The van der Waals surface area contributed by atoms with Gasteiger partial charge in [0.2, 0.25) is 5.91 Å². The number of aromatic nitrogens is 1. The summed E-state index contributed by atoms with van der Waals surface area (Å²) in [5.74, 6) is 1.28. The first-order valence-electron chi connectivity index (χ1n) is 8.69. The van der Waals surface area contributed by atoms with E-state index in [2.05, 4.69) is 28.1 Å². The van der Waals surface area contributed by atoms with Gasteiger partial charge in [0.25, 0.3) is 0 Å². The first-order valence-corrected chi connectivity index (χ1v) is 8.69. The fraction of sp³-hybridized carbons (Fsp3) is 0.400. The summed E-state index contributed by atoms with van der Waals surface area (Å²) in [5.41, 5.74) is 1.23. The number of hydrogen-bond acceptors (Lipinski definition) is 3. The SMILES string of the molecule is CN(C(=O)CCc1ccccc1)C1CCN(c2ccccn2)CC1. The number of nitrogens with zero attached hydrogens (tertiary/aromatic N) is 3. The Balaban J connectivity index is 1.47. The second kappa shape index (κ2) is 7.95. The van der Waals surface area contributed by atoms with Crippen LogP contribution in [0.4, 0.5) is 5.82 Å². The number of benzene rings is 1. The molecule has 2 aromatic rings. The molecule has 0 aliphatic carbocycles. The number of anilines is 1. The minimum atomic E-state index is 0.245. The predicted molar refractivity (Wildman–Crippen MR) is 97.0 cm³/mol. The topological polar surface area (TPSA) is 36.4 Å². The van der Waals surface area contributed by atoms with E-state index < -0.39 is 0 Å². The molecule has 2 heterocycles. The molecular weight excluding hydrogens is 298 g/mol. The number of aryl methyl sites for hydroxylation is 1. The molecule has 1 aromatic heterocycles. The number of amides is 1. The highest BCUT2D eigenvalue weighted by Crippen LogP contribution is 2.20. The van der Waals surface area contributed by atoms with E-state index in [9.17, 15) is 4.79 Å². The lowest BCUT2D eigenvalue weighted by atomic mass is 10.0.